The number of hydrogen-bond acceptors (Lipinski definition) is 2. The van der Waals surface area contributed by atoms with Crippen LogP contribution in [0.15, 0.2) is 0 Å². The van der Waals surface area contributed by atoms with Crippen LogP contribution >= 0.6 is 0 Å². The lowest BCUT2D eigenvalue weighted by Gasteiger charge is -2.36. The Morgan fingerprint density at radius 2 is 1.06 bits per heavy atom. The first-order valence-corrected chi connectivity index (χ1v) is 6.57. The average Bonchev–Trinajstić information content (AvgIpc) is 2.88. The molecule has 2 aliphatic carbocycles. The van der Waals surface area contributed by atoms with Crippen molar-refractivity contribution in [1.82, 2.24) is 0 Å². The van der Waals surface area contributed by atoms with Gasteiger partial charge in [0, 0.05) is 0 Å². The summed E-state index contributed by atoms with van der Waals surface area (Å²) in [5, 5.41) is 19.1. The van der Waals surface area contributed by atoms with E-state index in [1.54, 1.807) is 0 Å². The van der Waals surface area contributed by atoms with Gasteiger partial charge in [0.15, 0.2) is 5.41 Å². The van der Waals surface area contributed by atoms with Gasteiger partial charge in [0.2, 0.25) is 0 Å². The molecule has 2 fully saturated rings. The van der Waals surface area contributed by atoms with Gasteiger partial charge >= 0.3 is 11.9 Å². The Bertz CT molecular complexity index is 279. The number of carboxylic acid groups (broad SMARTS) is 2. The molecule has 4 heteroatoms. The van der Waals surface area contributed by atoms with E-state index in [2.05, 4.69) is 0 Å². The maximum atomic E-state index is 11.7. The van der Waals surface area contributed by atoms with Crippen molar-refractivity contribution in [2.24, 2.45) is 17.3 Å². The lowest BCUT2D eigenvalue weighted by Crippen LogP contribution is -2.50. The van der Waals surface area contributed by atoms with Gasteiger partial charge in [-0.25, -0.2) is 0 Å². The predicted molar refractivity (Wildman–Crippen MR) is 61.6 cm³/mol. The second kappa shape index (κ2) is 4.67. The third kappa shape index (κ3) is 1.83. The highest BCUT2D eigenvalue weighted by molar-refractivity contribution is 5.99. The molecule has 2 aliphatic rings. The zero-order chi connectivity index (χ0) is 12.5. The molecule has 2 rings (SSSR count). The lowest BCUT2D eigenvalue weighted by molar-refractivity contribution is -0.175. The Balaban J connectivity index is 2.37. The van der Waals surface area contributed by atoms with Crippen molar-refractivity contribution in [2.45, 2.75) is 51.4 Å². The van der Waals surface area contributed by atoms with Crippen LogP contribution in [0.1, 0.15) is 51.4 Å². The normalized spacial score (nSPS) is 23.1. The third-order valence-electron chi connectivity index (χ3n) is 4.71. The van der Waals surface area contributed by atoms with E-state index in [0.29, 0.717) is 0 Å². The third-order valence-corrected chi connectivity index (χ3v) is 4.71. The summed E-state index contributed by atoms with van der Waals surface area (Å²) in [6.07, 6.45) is 6.92. The molecular weight excluding hydrogens is 220 g/mol. The van der Waals surface area contributed by atoms with E-state index in [1.165, 1.54) is 0 Å². The molecular formula is C13H20O4. The predicted octanol–water partition coefficient (Wildman–Crippen LogP) is 2.52. The summed E-state index contributed by atoms with van der Waals surface area (Å²) >= 11 is 0. The first-order chi connectivity index (χ1) is 8.10. The average molecular weight is 240 g/mol. The van der Waals surface area contributed by atoms with Crippen LogP contribution in [0.5, 0.6) is 0 Å². The van der Waals surface area contributed by atoms with Crippen molar-refractivity contribution in [1.29, 1.82) is 0 Å². The van der Waals surface area contributed by atoms with E-state index in [1.807, 2.05) is 0 Å². The van der Waals surface area contributed by atoms with Gasteiger partial charge < -0.3 is 10.2 Å². The van der Waals surface area contributed by atoms with Crippen molar-refractivity contribution >= 4 is 11.9 Å². The van der Waals surface area contributed by atoms with Gasteiger partial charge in [-0.15, -0.1) is 0 Å². The van der Waals surface area contributed by atoms with Crippen molar-refractivity contribution in [2.75, 3.05) is 0 Å². The molecule has 0 aromatic rings. The maximum absolute atomic E-state index is 11.7. The zero-order valence-corrected chi connectivity index (χ0v) is 10.0. The van der Waals surface area contributed by atoms with Crippen LogP contribution in [0.4, 0.5) is 0 Å². The van der Waals surface area contributed by atoms with Gasteiger partial charge in [-0.05, 0) is 37.5 Å². The van der Waals surface area contributed by atoms with Crippen molar-refractivity contribution < 1.29 is 19.8 Å². The van der Waals surface area contributed by atoms with Gasteiger partial charge in [-0.1, -0.05) is 25.7 Å². The van der Waals surface area contributed by atoms with Gasteiger partial charge in [0.25, 0.3) is 0 Å². The van der Waals surface area contributed by atoms with Gasteiger partial charge in [0.05, 0.1) is 0 Å². The summed E-state index contributed by atoms with van der Waals surface area (Å²) in [5.74, 6) is -2.55. The first-order valence-electron chi connectivity index (χ1n) is 6.57. The van der Waals surface area contributed by atoms with E-state index in [4.69, 9.17) is 0 Å². The second-order valence-corrected chi connectivity index (χ2v) is 5.44. The lowest BCUT2D eigenvalue weighted by atomic mass is 9.65. The number of hydrogen-bond donors (Lipinski definition) is 2. The Kier molecular flexibility index (Phi) is 3.40. The van der Waals surface area contributed by atoms with Crippen molar-refractivity contribution in [3.05, 3.63) is 0 Å². The fourth-order valence-corrected chi connectivity index (χ4v) is 3.89. The van der Waals surface area contributed by atoms with E-state index >= 15 is 0 Å². The fraction of sp³-hybridized carbons (Fsp3) is 0.846. The highest BCUT2D eigenvalue weighted by Gasteiger charge is 2.58. The Morgan fingerprint density at radius 3 is 1.29 bits per heavy atom. The molecule has 2 N–H and O–H groups in total. The Hall–Kier alpha value is -1.06. The molecule has 0 aliphatic heterocycles. The van der Waals surface area contributed by atoms with Crippen LogP contribution < -0.4 is 0 Å². The second-order valence-electron chi connectivity index (χ2n) is 5.44. The minimum Gasteiger partial charge on any atom is -0.480 e. The molecule has 0 unspecified atom stereocenters. The zero-order valence-electron chi connectivity index (χ0n) is 10.0. The molecule has 0 heterocycles. The number of carboxylic acids is 2. The highest BCUT2D eigenvalue weighted by atomic mass is 16.4. The molecule has 0 aromatic heterocycles. The fourth-order valence-electron chi connectivity index (χ4n) is 3.89. The molecule has 0 saturated heterocycles. The summed E-state index contributed by atoms with van der Waals surface area (Å²) in [6, 6.07) is 0. The van der Waals surface area contributed by atoms with E-state index < -0.39 is 17.4 Å². The van der Waals surface area contributed by atoms with E-state index in [-0.39, 0.29) is 11.8 Å². The minimum atomic E-state index is -1.51. The quantitative estimate of drug-likeness (QED) is 0.740. The smallest absolute Gasteiger partial charge is 0.321 e. The molecule has 0 atom stereocenters. The maximum Gasteiger partial charge on any atom is 0.321 e. The van der Waals surface area contributed by atoms with E-state index in [9.17, 15) is 19.8 Å². The molecule has 0 bridgehead atoms. The first kappa shape index (κ1) is 12.4. The van der Waals surface area contributed by atoms with Gasteiger partial charge in [0.1, 0.15) is 0 Å². The largest absolute Gasteiger partial charge is 0.480 e. The SMILES string of the molecule is O=C(O)C(C(=O)O)(C1CCCC1)C1CCCC1. The molecule has 0 amide bonds. The van der Waals surface area contributed by atoms with Crippen LogP contribution in [0, 0.1) is 17.3 Å². The molecule has 17 heavy (non-hydrogen) atoms. The molecule has 0 radical (unpaired) electrons. The van der Waals surface area contributed by atoms with Crippen LogP contribution in [0.3, 0.4) is 0 Å². The summed E-state index contributed by atoms with van der Waals surface area (Å²) in [7, 11) is 0. The number of aliphatic carboxylic acids is 2. The van der Waals surface area contributed by atoms with E-state index in [0.717, 1.165) is 51.4 Å². The molecule has 0 aromatic carbocycles. The summed E-state index contributed by atoms with van der Waals surface area (Å²) in [6.45, 7) is 0. The van der Waals surface area contributed by atoms with Crippen LogP contribution in [0.25, 0.3) is 0 Å². The number of carbonyl (C=O) groups is 2. The Labute approximate surface area is 101 Å². The highest BCUT2D eigenvalue weighted by Crippen LogP contribution is 2.50. The molecule has 96 valence electrons. The van der Waals surface area contributed by atoms with Gasteiger partial charge in [-0.2, -0.15) is 0 Å². The number of rotatable bonds is 4. The molecule has 0 spiro atoms. The molecule has 4 nitrogen and oxygen atoms in total. The summed E-state index contributed by atoms with van der Waals surface area (Å²) in [4.78, 5) is 23.3. The summed E-state index contributed by atoms with van der Waals surface area (Å²) in [5.41, 5.74) is -1.51. The van der Waals surface area contributed by atoms with Crippen LogP contribution in [-0.4, -0.2) is 22.2 Å². The monoisotopic (exact) mass is 240 g/mol. The Morgan fingerprint density at radius 1 is 0.765 bits per heavy atom. The minimum absolute atomic E-state index is 0.166. The van der Waals surface area contributed by atoms with Gasteiger partial charge in [-0.3, -0.25) is 9.59 Å². The van der Waals surface area contributed by atoms with Crippen molar-refractivity contribution in [3.8, 4) is 0 Å². The summed E-state index contributed by atoms with van der Waals surface area (Å²) < 4.78 is 0. The van der Waals surface area contributed by atoms with Crippen LogP contribution in [0.2, 0.25) is 0 Å². The standard InChI is InChI=1S/C13H20O4/c14-11(15)13(12(16)17,9-5-1-2-6-9)10-7-3-4-8-10/h9-10H,1-8H2,(H,14,15)(H,16,17). The molecule has 2 saturated carbocycles. The van der Waals surface area contributed by atoms with Crippen LogP contribution in [-0.2, 0) is 9.59 Å². The van der Waals surface area contributed by atoms with Crippen molar-refractivity contribution in [3.63, 3.8) is 0 Å². The topological polar surface area (TPSA) is 74.6 Å².